The molecule has 0 saturated heterocycles. The van der Waals surface area contributed by atoms with Crippen LogP contribution in [0.5, 0.6) is 0 Å². The number of allylic oxidation sites excluding steroid dienone is 7. The van der Waals surface area contributed by atoms with Gasteiger partial charge >= 0.3 is 0 Å². The third-order valence-electron chi connectivity index (χ3n) is 3.58. The van der Waals surface area contributed by atoms with E-state index in [1.807, 2.05) is 30.4 Å². The molecule has 0 amide bonds. The second-order valence-corrected chi connectivity index (χ2v) is 4.49. The van der Waals surface area contributed by atoms with Crippen molar-refractivity contribution in [3.8, 4) is 0 Å². The smallest absolute Gasteiger partial charge is 0.251 e. The average molecular weight is 238 g/mol. The van der Waals surface area contributed by atoms with Gasteiger partial charge in [-0.05, 0) is 17.7 Å². The average Bonchev–Trinajstić information content (AvgIpc) is 2.72. The van der Waals surface area contributed by atoms with E-state index in [1.54, 1.807) is 16.8 Å². The van der Waals surface area contributed by atoms with Gasteiger partial charge in [-0.1, -0.05) is 24.3 Å². The van der Waals surface area contributed by atoms with Gasteiger partial charge in [0.1, 0.15) is 0 Å². The van der Waals surface area contributed by atoms with Crippen molar-refractivity contribution in [2.75, 3.05) is 5.06 Å². The topological polar surface area (TPSA) is 45.5 Å². The second kappa shape index (κ2) is 3.11. The molecule has 3 heterocycles. The molecule has 3 aliphatic rings. The zero-order valence-electron chi connectivity index (χ0n) is 9.45. The largest absolute Gasteiger partial charge is 0.295 e. The van der Waals surface area contributed by atoms with Crippen molar-refractivity contribution in [1.29, 1.82) is 0 Å². The molecule has 4 rings (SSSR count). The first-order valence-electron chi connectivity index (χ1n) is 5.78. The highest BCUT2D eigenvalue weighted by Crippen LogP contribution is 2.44. The van der Waals surface area contributed by atoms with Crippen LogP contribution >= 0.6 is 0 Å². The summed E-state index contributed by atoms with van der Waals surface area (Å²) in [6.07, 6.45) is 11.4. The quantitative estimate of drug-likeness (QED) is 0.752. The summed E-state index contributed by atoms with van der Waals surface area (Å²) in [6.45, 7) is 0. The van der Waals surface area contributed by atoms with Crippen LogP contribution < -0.4 is 10.6 Å². The van der Waals surface area contributed by atoms with E-state index in [1.165, 1.54) is 6.07 Å². The minimum atomic E-state index is -0.0522. The van der Waals surface area contributed by atoms with E-state index in [2.05, 4.69) is 0 Å². The lowest BCUT2D eigenvalue weighted by Crippen LogP contribution is -2.26. The third-order valence-corrected chi connectivity index (χ3v) is 3.58. The molecule has 0 bridgehead atoms. The van der Waals surface area contributed by atoms with Gasteiger partial charge in [0.25, 0.3) is 5.56 Å². The number of aromatic nitrogens is 1. The standard InChI is InChI=1S/C14H10N2O2/c17-13-6-5-12-14-10(7-8-15(12)18)9-3-1-2-4-11(9)16(13)14/h1-8,11,18H. The fraction of sp³-hybridized carbons (Fsp3) is 0.0714. The van der Waals surface area contributed by atoms with Crippen LogP contribution in [0.2, 0.25) is 0 Å². The van der Waals surface area contributed by atoms with Crippen molar-refractivity contribution < 1.29 is 5.21 Å². The molecule has 1 unspecified atom stereocenters. The molecule has 88 valence electrons. The van der Waals surface area contributed by atoms with Crippen molar-refractivity contribution >= 4 is 11.3 Å². The Kier molecular flexibility index (Phi) is 1.67. The summed E-state index contributed by atoms with van der Waals surface area (Å²) < 4.78 is 1.73. The molecule has 1 aliphatic carbocycles. The summed E-state index contributed by atoms with van der Waals surface area (Å²) in [4.78, 5) is 12.1. The van der Waals surface area contributed by atoms with Gasteiger partial charge in [-0.3, -0.25) is 14.6 Å². The molecule has 0 radical (unpaired) electrons. The summed E-state index contributed by atoms with van der Waals surface area (Å²) >= 11 is 0. The predicted molar refractivity (Wildman–Crippen MR) is 68.3 cm³/mol. The van der Waals surface area contributed by atoms with Crippen LogP contribution in [0.15, 0.2) is 59.1 Å². The SMILES string of the molecule is O=c1ccc2c3n1C1C=CC=CC1=C3C=CN2O. The number of hydroxylamine groups is 1. The fourth-order valence-corrected chi connectivity index (χ4v) is 2.81. The maximum Gasteiger partial charge on any atom is 0.251 e. The minimum Gasteiger partial charge on any atom is -0.295 e. The van der Waals surface area contributed by atoms with Crippen molar-refractivity contribution in [3.63, 3.8) is 0 Å². The van der Waals surface area contributed by atoms with Crippen molar-refractivity contribution in [2.45, 2.75) is 6.04 Å². The van der Waals surface area contributed by atoms with Crippen molar-refractivity contribution in [1.82, 2.24) is 4.57 Å². The highest BCUT2D eigenvalue weighted by atomic mass is 16.5. The number of rotatable bonds is 0. The van der Waals surface area contributed by atoms with Crippen molar-refractivity contribution in [2.24, 2.45) is 0 Å². The lowest BCUT2D eigenvalue weighted by Gasteiger charge is -2.21. The molecule has 0 aromatic carbocycles. The Morgan fingerprint density at radius 3 is 2.94 bits per heavy atom. The van der Waals surface area contributed by atoms with Gasteiger partial charge in [0.15, 0.2) is 0 Å². The first kappa shape index (κ1) is 9.67. The summed E-state index contributed by atoms with van der Waals surface area (Å²) in [6, 6.07) is 3.10. The minimum absolute atomic E-state index is 0.0464. The maximum absolute atomic E-state index is 12.1. The summed E-state index contributed by atoms with van der Waals surface area (Å²) in [7, 11) is 0. The number of fused-ring (bicyclic) bond motifs is 2. The Morgan fingerprint density at radius 1 is 1.17 bits per heavy atom. The van der Waals surface area contributed by atoms with Gasteiger partial charge in [-0.2, -0.15) is 0 Å². The van der Waals surface area contributed by atoms with Gasteiger partial charge in [-0.25, -0.2) is 5.06 Å². The molecule has 1 atom stereocenters. The van der Waals surface area contributed by atoms with Crippen LogP contribution in [-0.2, 0) is 0 Å². The molecule has 4 nitrogen and oxygen atoms in total. The molecule has 0 fully saturated rings. The molecular formula is C14H10N2O2. The monoisotopic (exact) mass is 238 g/mol. The van der Waals surface area contributed by atoms with Gasteiger partial charge in [0.2, 0.25) is 0 Å². The van der Waals surface area contributed by atoms with Gasteiger partial charge in [0.05, 0.1) is 17.4 Å². The van der Waals surface area contributed by atoms with Gasteiger partial charge < -0.3 is 0 Å². The number of pyridine rings is 1. The van der Waals surface area contributed by atoms with Gasteiger partial charge in [-0.15, -0.1) is 0 Å². The number of anilines is 1. The molecular weight excluding hydrogens is 228 g/mol. The van der Waals surface area contributed by atoms with E-state index in [4.69, 9.17) is 0 Å². The predicted octanol–water partition coefficient (Wildman–Crippen LogP) is 2.01. The first-order valence-corrected chi connectivity index (χ1v) is 5.78. The maximum atomic E-state index is 12.1. The molecule has 1 aromatic heterocycles. The Balaban J connectivity index is 2.15. The highest BCUT2D eigenvalue weighted by Gasteiger charge is 2.33. The van der Waals surface area contributed by atoms with Crippen molar-refractivity contribution in [3.05, 3.63) is 70.3 Å². The Hall–Kier alpha value is -2.33. The first-order chi connectivity index (χ1) is 8.77. The molecule has 4 heteroatoms. The lowest BCUT2D eigenvalue weighted by molar-refractivity contribution is 0.294. The normalized spacial score (nSPS) is 22.5. The summed E-state index contributed by atoms with van der Waals surface area (Å²) in [5, 5.41) is 10.9. The number of hydrogen-bond acceptors (Lipinski definition) is 3. The molecule has 0 saturated carbocycles. The second-order valence-electron chi connectivity index (χ2n) is 4.49. The van der Waals surface area contributed by atoms with Crippen LogP contribution in [0.3, 0.4) is 0 Å². The summed E-state index contributed by atoms with van der Waals surface area (Å²) in [5.41, 5.74) is 3.51. The van der Waals surface area contributed by atoms with E-state index >= 15 is 0 Å². The number of hydrogen-bond donors (Lipinski definition) is 1. The zero-order valence-corrected chi connectivity index (χ0v) is 9.45. The van der Waals surface area contributed by atoms with E-state index in [9.17, 15) is 10.0 Å². The van der Waals surface area contributed by atoms with Crippen LogP contribution in [-0.4, -0.2) is 9.77 Å². The lowest BCUT2D eigenvalue weighted by atomic mass is 9.98. The zero-order chi connectivity index (χ0) is 12.3. The molecule has 2 aliphatic heterocycles. The van der Waals surface area contributed by atoms with Crippen LogP contribution in [0.25, 0.3) is 5.57 Å². The molecule has 1 aromatic rings. The Bertz CT molecular complexity index is 735. The fourth-order valence-electron chi connectivity index (χ4n) is 2.81. The number of nitrogens with zero attached hydrogens (tertiary/aromatic N) is 2. The van der Waals surface area contributed by atoms with E-state index in [0.717, 1.165) is 21.9 Å². The third kappa shape index (κ3) is 1.01. The molecule has 1 N–H and O–H groups in total. The van der Waals surface area contributed by atoms with Crippen LogP contribution in [0, 0.1) is 0 Å². The Morgan fingerprint density at radius 2 is 2.06 bits per heavy atom. The van der Waals surface area contributed by atoms with Crippen LogP contribution in [0.1, 0.15) is 11.7 Å². The van der Waals surface area contributed by atoms with E-state index in [-0.39, 0.29) is 11.6 Å². The molecule has 0 spiro atoms. The Labute approximate surface area is 103 Å². The van der Waals surface area contributed by atoms with Gasteiger partial charge in [0, 0.05) is 17.8 Å². The summed E-state index contributed by atoms with van der Waals surface area (Å²) in [5.74, 6) is 0. The molecule has 18 heavy (non-hydrogen) atoms. The van der Waals surface area contributed by atoms with Crippen LogP contribution in [0.4, 0.5) is 5.69 Å². The van der Waals surface area contributed by atoms with E-state index in [0.29, 0.717) is 5.69 Å². The highest BCUT2D eigenvalue weighted by molar-refractivity contribution is 5.89. The van der Waals surface area contributed by atoms with E-state index < -0.39 is 0 Å².